The predicted molar refractivity (Wildman–Crippen MR) is 157 cm³/mol. The number of aromatic nitrogens is 4. The first kappa shape index (κ1) is 26.4. The third-order valence-corrected chi connectivity index (χ3v) is 7.58. The average molecular weight is 521 g/mol. The van der Waals surface area contributed by atoms with Crippen LogP contribution in [0, 0.1) is 13.8 Å². The van der Waals surface area contributed by atoms with E-state index in [1.54, 1.807) is 12.1 Å². The number of imidazole rings is 2. The Morgan fingerprint density at radius 3 is 2.33 bits per heavy atom. The first-order valence-electron chi connectivity index (χ1n) is 13.6. The maximum absolute atomic E-state index is 11.7. The molecule has 0 fully saturated rings. The lowest BCUT2D eigenvalue weighted by Crippen LogP contribution is -2.05. The van der Waals surface area contributed by atoms with Crippen molar-refractivity contribution in [2.45, 2.75) is 59.9 Å². The van der Waals surface area contributed by atoms with Crippen LogP contribution in [-0.4, -0.2) is 30.2 Å². The Morgan fingerprint density at radius 1 is 0.974 bits per heavy atom. The smallest absolute Gasteiger partial charge is 0.336 e. The minimum atomic E-state index is -0.918. The molecule has 0 spiro atoms. The molecule has 5 aromatic rings. The molecule has 0 saturated heterocycles. The monoisotopic (exact) mass is 520 g/mol. The van der Waals surface area contributed by atoms with Gasteiger partial charge in [-0.25, -0.2) is 14.8 Å². The van der Waals surface area contributed by atoms with E-state index in [1.165, 1.54) is 5.69 Å². The number of hydrogen-bond acceptors (Lipinski definition) is 3. The molecule has 0 unspecified atom stereocenters. The highest BCUT2D eigenvalue weighted by molar-refractivity contribution is 5.96. The lowest BCUT2D eigenvalue weighted by Gasteiger charge is -2.12. The summed E-state index contributed by atoms with van der Waals surface area (Å²) in [6.07, 6.45) is 1.91. The summed E-state index contributed by atoms with van der Waals surface area (Å²) in [5, 5.41) is 9.61. The molecule has 0 aliphatic rings. The minimum Gasteiger partial charge on any atom is -0.478 e. The highest BCUT2D eigenvalue weighted by Crippen LogP contribution is 2.31. The van der Waals surface area contributed by atoms with Gasteiger partial charge >= 0.3 is 5.97 Å². The lowest BCUT2D eigenvalue weighted by atomic mass is 9.98. The fourth-order valence-corrected chi connectivity index (χ4v) is 5.46. The molecule has 39 heavy (non-hydrogen) atoms. The predicted octanol–water partition coefficient (Wildman–Crippen LogP) is 7.54. The highest BCUT2D eigenvalue weighted by Gasteiger charge is 2.19. The van der Waals surface area contributed by atoms with Crippen molar-refractivity contribution in [1.82, 2.24) is 19.1 Å². The van der Waals surface area contributed by atoms with Crippen LogP contribution in [0.1, 0.15) is 71.8 Å². The normalized spacial score (nSPS) is 11.6. The van der Waals surface area contributed by atoms with Gasteiger partial charge in [0.25, 0.3) is 0 Å². The van der Waals surface area contributed by atoms with Crippen molar-refractivity contribution in [3.8, 4) is 22.5 Å². The molecule has 0 atom stereocenters. The van der Waals surface area contributed by atoms with Gasteiger partial charge < -0.3 is 14.2 Å². The third-order valence-electron chi connectivity index (χ3n) is 7.58. The average Bonchev–Trinajstić information content (AvgIpc) is 3.41. The molecule has 0 bridgehead atoms. The summed E-state index contributed by atoms with van der Waals surface area (Å²) in [4.78, 5) is 21.8. The molecule has 2 aromatic heterocycles. The molecule has 200 valence electrons. The number of rotatable bonds is 8. The quantitative estimate of drug-likeness (QED) is 0.229. The van der Waals surface area contributed by atoms with Crippen molar-refractivity contribution in [1.29, 1.82) is 0 Å². The van der Waals surface area contributed by atoms with Gasteiger partial charge in [0.05, 0.1) is 22.3 Å². The third kappa shape index (κ3) is 4.87. The van der Waals surface area contributed by atoms with E-state index in [0.29, 0.717) is 18.0 Å². The molecular formula is C33H36N4O2. The Bertz CT molecular complexity index is 1670. The van der Waals surface area contributed by atoms with Crippen LogP contribution in [0.15, 0.2) is 60.7 Å². The standard InChI is InChI=1S/C33H36N4O2/c1-7-10-29-34-31-21(4)17-25(32-35-30(20(2)3)22(5)36(32)6)18-28(31)37(29)19-23-13-15-24(16-14-23)26-11-8-9-12-27(26)33(38)39/h8-9,11-18,20H,7,10,19H2,1-6H3,(H,38,39). The van der Waals surface area contributed by atoms with Gasteiger partial charge in [-0.15, -0.1) is 0 Å². The van der Waals surface area contributed by atoms with Crippen LogP contribution in [0.5, 0.6) is 0 Å². The number of benzene rings is 3. The summed E-state index contributed by atoms with van der Waals surface area (Å²) in [6.45, 7) is 11.5. The molecule has 6 heteroatoms. The summed E-state index contributed by atoms with van der Waals surface area (Å²) < 4.78 is 4.52. The minimum absolute atomic E-state index is 0.309. The Kier molecular flexibility index (Phi) is 7.13. The second-order valence-corrected chi connectivity index (χ2v) is 10.7. The summed E-state index contributed by atoms with van der Waals surface area (Å²) in [5.41, 5.74) is 9.79. The molecule has 0 saturated carbocycles. The zero-order valence-corrected chi connectivity index (χ0v) is 23.6. The lowest BCUT2D eigenvalue weighted by molar-refractivity contribution is 0.0697. The van der Waals surface area contributed by atoms with Gasteiger partial charge in [-0.05, 0) is 66.6 Å². The van der Waals surface area contributed by atoms with Crippen molar-refractivity contribution in [2.24, 2.45) is 7.05 Å². The van der Waals surface area contributed by atoms with E-state index in [9.17, 15) is 9.90 Å². The van der Waals surface area contributed by atoms with Crippen LogP contribution in [-0.2, 0) is 20.0 Å². The molecule has 2 heterocycles. The molecule has 3 aromatic carbocycles. The Labute approximate surface area is 230 Å². The maximum atomic E-state index is 11.7. The molecule has 0 amide bonds. The van der Waals surface area contributed by atoms with Crippen molar-refractivity contribution in [3.63, 3.8) is 0 Å². The maximum Gasteiger partial charge on any atom is 0.336 e. The Balaban J connectivity index is 1.57. The number of fused-ring (bicyclic) bond motifs is 1. The molecule has 5 rings (SSSR count). The number of carbonyl (C=O) groups is 1. The van der Waals surface area contributed by atoms with Crippen LogP contribution in [0.2, 0.25) is 0 Å². The first-order valence-corrected chi connectivity index (χ1v) is 13.6. The van der Waals surface area contributed by atoms with E-state index in [4.69, 9.17) is 9.97 Å². The number of hydrogen-bond donors (Lipinski definition) is 1. The fourth-order valence-electron chi connectivity index (χ4n) is 5.46. The van der Waals surface area contributed by atoms with Gasteiger partial charge in [-0.1, -0.05) is 63.2 Å². The van der Waals surface area contributed by atoms with Gasteiger partial charge in [0, 0.05) is 31.3 Å². The zero-order chi connectivity index (χ0) is 27.8. The van der Waals surface area contributed by atoms with Gasteiger partial charge in [0.2, 0.25) is 0 Å². The van der Waals surface area contributed by atoms with E-state index in [0.717, 1.165) is 69.0 Å². The first-order chi connectivity index (χ1) is 18.7. The van der Waals surface area contributed by atoms with E-state index in [2.05, 4.69) is 75.1 Å². The van der Waals surface area contributed by atoms with Gasteiger partial charge in [-0.3, -0.25) is 0 Å². The van der Waals surface area contributed by atoms with Crippen LogP contribution in [0.25, 0.3) is 33.5 Å². The Morgan fingerprint density at radius 2 is 1.69 bits per heavy atom. The summed E-state index contributed by atoms with van der Waals surface area (Å²) in [6, 6.07) is 19.8. The van der Waals surface area contributed by atoms with E-state index < -0.39 is 5.97 Å². The topological polar surface area (TPSA) is 72.9 Å². The van der Waals surface area contributed by atoms with Gasteiger partial charge in [0.1, 0.15) is 11.6 Å². The number of carboxylic acids is 1. The number of nitrogens with zero attached hydrogens (tertiary/aromatic N) is 4. The number of aromatic carboxylic acids is 1. The largest absolute Gasteiger partial charge is 0.478 e. The van der Waals surface area contributed by atoms with E-state index >= 15 is 0 Å². The van der Waals surface area contributed by atoms with Crippen molar-refractivity contribution in [2.75, 3.05) is 0 Å². The summed E-state index contributed by atoms with van der Waals surface area (Å²) in [7, 11) is 2.09. The second kappa shape index (κ2) is 10.5. The molecule has 0 aliphatic heterocycles. The second-order valence-electron chi connectivity index (χ2n) is 10.7. The molecule has 6 nitrogen and oxygen atoms in total. The molecule has 0 radical (unpaired) electrons. The van der Waals surface area contributed by atoms with Crippen molar-refractivity contribution in [3.05, 3.63) is 94.6 Å². The van der Waals surface area contributed by atoms with Gasteiger partial charge in [-0.2, -0.15) is 0 Å². The Hall–Kier alpha value is -4.19. The van der Waals surface area contributed by atoms with Crippen molar-refractivity contribution >= 4 is 17.0 Å². The van der Waals surface area contributed by atoms with E-state index in [-0.39, 0.29) is 0 Å². The van der Waals surface area contributed by atoms with Crippen LogP contribution in [0.4, 0.5) is 0 Å². The van der Waals surface area contributed by atoms with Crippen LogP contribution < -0.4 is 0 Å². The van der Waals surface area contributed by atoms with Crippen molar-refractivity contribution < 1.29 is 9.90 Å². The van der Waals surface area contributed by atoms with Crippen LogP contribution >= 0.6 is 0 Å². The van der Waals surface area contributed by atoms with E-state index in [1.807, 2.05) is 24.3 Å². The number of carboxylic acid groups (broad SMARTS) is 1. The molecule has 1 N–H and O–H groups in total. The fraction of sp³-hybridized carbons (Fsp3) is 0.303. The number of aryl methyl sites for hydroxylation is 2. The zero-order valence-electron chi connectivity index (χ0n) is 23.6. The molecular weight excluding hydrogens is 484 g/mol. The SMILES string of the molecule is CCCc1nc2c(C)cc(-c3nc(C(C)C)c(C)n3C)cc2n1Cc1ccc(-c2ccccc2C(=O)O)cc1. The van der Waals surface area contributed by atoms with Gasteiger partial charge in [0.15, 0.2) is 0 Å². The molecule has 0 aliphatic carbocycles. The summed E-state index contributed by atoms with van der Waals surface area (Å²) >= 11 is 0. The van der Waals surface area contributed by atoms with Crippen LogP contribution in [0.3, 0.4) is 0 Å². The summed E-state index contributed by atoms with van der Waals surface area (Å²) in [5.74, 6) is 1.50. The highest BCUT2D eigenvalue weighted by atomic mass is 16.4.